The molecule has 1 heterocycles. The van der Waals surface area contributed by atoms with Crippen molar-refractivity contribution in [1.29, 1.82) is 0 Å². The van der Waals surface area contributed by atoms with Gasteiger partial charge >= 0.3 is 6.03 Å². The van der Waals surface area contributed by atoms with Crippen molar-refractivity contribution in [3.8, 4) is 5.75 Å². The normalized spacial score (nSPS) is 14.7. The third-order valence-electron chi connectivity index (χ3n) is 2.94. The van der Waals surface area contributed by atoms with Gasteiger partial charge in [-0.1, -0.05) is 6.92 Å². The minimum absolute atomic E-state index is 0.154. The summed E-state index contributed by atoms with van der Waals surface area (Å²) in [5.41, 5.74) is 1.97. The molecule has 0 fully saturated rings. The van der Waals surface area contributed by atoms with Crippen molar-refractivity contribution in [2.75, 3.05) is 11.9 Å². The number of amides is 2. The van der Waals surface area contributed by atoms with Crippen LogP contribution in [0.1, 0.15) is 25.8 Å². The predicted octanol–water partition coefficient (Wildman–Crippen LogP) is 2.54. The molecular weight excluding hydrogens is 216 g/mol. The molecule has 0 saturated carbocycles. The molecule has 1 aromatic carbocycles. The Balaban J connectivity index is 1.97. The summed E-state index contributed by atoms with van der Waals surface area (Å²) in [6, 6.07) is 5.77. The summed E-state index contributed by atoms with van der Waals surface area (Å²) in [4.78, 5) is 11.6. The van der Waals surface area contributed by atoms with E-state index in [2.05, 4.69) is 10.6 Å². The number of benzene rings is 1. The van der Waals surface area contributed by atoms with E-state index in [0.29, 0.717) is 0 Å². The van der Waals surface area contributed by atoms with Gasteiger partial charge in [-0.2, -0.15) is 0 Å². The largest absolute Gasteiger partial charge is 0.493 e. The lowest BCUT2D eigenvalue weighted by molar-refractivity contribution is 0.249. The number of nitrogens with one attached hydrogen (secondary N) is 2. The first-order chi connectivity index (χ1) is 8.19. The van der Waals surface area contributed by atoms with Crippen LogP contribution >= 0.6 is 0 Å². The summed E-state index contributed by atoms with van der Waals surface area (Å²) >= 11 is 0. The molecule has 2 N–H and O–H groups in total. The van der Waals surface area contributed by atoms with E-state index in [0.717, 1.165) is 36.4 Å². The van der Waals surface area contributed by atoms with Crippen LogP contribution in [0.15, 0.2) is 18.2 Å². The van der Waals surface area contributed by atoms with Gasteiger partial charge in [0, 0.05) is 18.2 Å². The fourth-order valence-electron chi connectivity index (χ4n) is 1.76. The molecule has 4 nitrogen and oxygen atoms in total. The Labute approximate surface area is 101 Å². The highest BCUT2D eigenvalue weighted by Gasteiger charge is 2.13. The number of rotatable bonds is 3. The molecule has 0 aromatic heterocycles. The van der Waals surface area contributed by atoms with Crippen LogP contribution < -0.4 is 15.4 Å². The number of hydrogen-bond donors (Lipinski definition) is 2. The Morgan fingerprint density at radius 3 is 3.12 bits per heavy atom. The summed E-state index contributed by atoms with van der Waals surface area (Å²) in [6.45, 7) is 4.76. The molecule has 0 radical (unpaired) electrons. The van der Waals surface area contributed by atoms with Crippen molar-refractivity contribution >= 4 is 11.7 Å². The SMILES string of the molecule is CCC(C)NC(=O)Nc1ccc2c(c1)CCO2. The van der Waals surface area contributed by atoms with Gasteiger partial charge in [0.15, 0.2) is 0 Å². The third-order valence-corrected chi connectivity index (χ3v) is 2.94. The van der Waals surface area contributed by atoms with Gasteiger partial charge in [-0.25, -0.2) is 4.79 Å². The lowest BCUT2D eigenvalue weighted by atomic mass is 10.1. The van der Waals surface area contributed by atoms with Crippen molar-refractivity contribution < 1.29 is 9.53 Å². The van der Waals surface area contributed by atoms with Crippen LogP contribution in [0.2, 0.25) is 0 Å². The molecule has 1 unspecified atom stereocenters. The number of ether oxygens (including phenoxy) is 1. The molecule has 4 heteroatoms. The molecule has 17 heavy (non-hydrogen) atoms. The van der Waals surface area contributed by atoms with Crippen molar-refractivity contribution in [2.45, 2.75) is 32.7 Å². The molecule has 0 aliphatic carbocycles. The van der Waals surface area contributed by atoms with Gasteiger partial charge in [-0.15, -0.1) is 0 Å². The number of fused-ring (bicyclic) bond motifs is 1. The molecule has 0 saturated heterocycles. The van der Waals surface area contributed by atoms with Gasteiger partial charge < -0.3 is 15.4 Å². The fraction of sp³-hybridized carbons (Fsp3) is 0.462. The van der Waals surface area contributed by atoms with Crippen molar-refractivity contribution in [1.82, 2.24) is 5.32 Å². The Kier molecular flexibility index (Phi) is 3.52. The Morgan fingerprint density at radius 1 is 1.53 bits per heavy atom. The van der Waals surface area contributed by atoms with E-state index in [1.165, 1.54) is 0 Å². The third kappa shape index (κ3) is 2.90. The van der Waals surface area contributed by atoms with Gasteiger partial charge in [-0.3, -0.25) is 0 Å². The first-order valence-corrected chi connectivity index (χ1v) is 6.02. The summed E-state index contributed by atoms with van der Waals surface area (Å²) in [5, 5.41) is 5.70. The summed E-state index contributed by atoms with van der Waals surface area (Å²) in [7, 11) is 0. The van der Waals surface area contributed by atoms with E-state index in [1.54, 1.807) is 0 Å². The zero-order valence-corrected chi connectivity index (χ0v) is 10.2. The van der Waals surface area contributed by atoms with Gasteiger partial charge in [-0.05, 0) is 37.1 Å². The highest BCUT2D eigenvalue weighted by Crippen LogP contribution is 2.27. The predicted molar refractivity (Wildman–Crippen MR) is 67.5 cm³/mol. The first-order valence-electron chi connectivity index (χ1n) is 6.02. The highest BCUT2D eigenvalue weighted by molar-refractivity contribution is 5.89. The second-order valence-corrected chi connectivity index (χ2v) is 4.33. The van der Waals surface area contributed by atoms with E-state index >= 15 is 0 Å². The van der Waals surface area contributed by atoms with Gasteiger partial charge in [0.25, 0.3) is 0 Å². The molecule has 2 rings (SSSR count). The van der Waals surface area contributed by atoms with Crippen LogP contribution in [0.5, 0.6) is 5.75 Å². The maximum Gasteiger partial charge on any atom is 0.319 e. The molecule has 0 bridgehead atoms. The number of urea groups is 1. The average molecular weight is 234 g/mol. The zero-order valence-electron chi connectivity index (χ0n) is 10.2. The van der Waals surface area contributed by atoms with Crippen LogP contribution in [0.25, 0.3) is 0 Å². The topological polar surface area (TPSA) is 50.4 Å². The van der Waals surface area contributed by atoms with E-state index in [9.17, 15) is 4.79 Å². The Morgan fingerprint density at radius 2 is 2.35 bits per heavy atom. The number of carbonyl (C=O) groups excluding carboxylic acids is 1. The van der Waals surface area contributed by atoms with E-state index in [4.69, 9.17) is 4.74 Å². The summed E-state index contributed by atoms with van der Waals surface area (Å²) in [6.07, 6.45) is 1.84. The molecule has 92 valence electrons. The van der Waals surface area contributed by atoms with Gasteiger partial charge in [0.1, 0.15) is 5.75 Å². The van der Waals surface area contributed by atoms with Crippen LogP contribution in [0.3, 0.4) is 0 Å². The quantitative estimate of drug-likeness (QED) is 0.844. The maximum absolute atomic E-state index is 11.6. The standard InChI is InChI=1S/C13H18N2O2/c1-3-9(2)14-13(16)15-11-4-5-12-10(8-11)6-7-17-12/h4-5,8-9H,3,6-7H2,1-2H3,(H2,14,15,16). The second kappa shape index (κ2) is 5.08. The minimum Gasteiger partial charge on any atom is -0.493 e. The fourth-order valence-corrected chi connectivity index (χ4v) is 1.76. The lowest BCUT2D eigenvalue weighted by Gasteiger charge is -2.12. The van der Waals surface area contributed by atoms with Gasteiger partial charge in [0.05, 0.1) is 6.61 Å². The van der Waals surface area contributed by atoms with Crippen LogP contribution in [0, 0.1) is 0 Å². The maximum atomic E-state index is 11.6. The first kappa shape index (κ1) is 11.8. The van der Waals surface area contributed by atoms with E-state index in [1.807, 2.05) is 32.0 Å². The Bertz CT molecular complexity index is 418. The monoisotopic (exact) mass is 234 g/mol. The smallest absolute Gasteiger partial charge is 0.319 e. The Hall–Kier alpha value is -1.71. The molecule has 1 aromatic rings. The van der Waals surface area contributed by atoms with Gasteiger partial charge in [0.2, 0.25) is 0 Å². The average Bonchev–Trinajstić information content (AvgIpc) is 2.75. The molecule has 0 spiro atoms. The highest BCUT2D eigenvalue weighted by atomic mass is 16.5. The zero-order chi connectivity index (χ0) is 12.3. The molecule has 2 amide bonds. The lowest BCUT2D eigenvalue weighted by Crippen LogP contribution is -2.35. The minimum atomic E-state index is -0.154. The molecular formula is C13H18N2O2. The van der Waals surface area contributed by atoms with Crippen LogP contribution in [0.4, 0.5) is 10.5 Å². The van der Waals surface area contributed by atoms with E-state index in [-0.39, 0.29) is 12.1 Å². The molecule has 1 aliphatic heterocycles. The summed E-state index contributed by atoms with van der Waals surface area (Å²) < 4.78 is 5.41. The van der Waals surface area contributed by atoms with Crippen molar-refractivity contribution in [2.24, 2.45) is 0 Å². The van der Waals surface area contributed by atoms with Crippen LogP contribution in [-0.4, -0.2) is 18.7 Å². The number of hydrogen-bond acceptors (Lipinski definition) is 2. The van der Waals surface area contributed by atoms with Crippen molar-refractivity contribution in [3.63, 3.8) is 0 Å². The second-order valence-electron chi connectivity index (χ2n) is 4.33. The molecule has 1 atom stereocenters. The number of carbonyl (C=O) groups is 1. The van der Waals surface area contributed by atoms with E-state index < -0.39 is 0 Å². The summed E-state index contributed by atoms with van der Waals surface area (Å²) in [5.74, 6) is 0.929. The van der Waals surface area contributed by atoms with Crippen molar-refractivity contribution in [3.05, 3.63) is 23.8 Å². The number of anilines is 1. The molecule has 1 aliphatic rings. The van der Waals surface area contributed by atoms with Crippen LogP contribution in [-0.2, 0) is 6.42 Å².